The van der Waals surface area contributed by atoms with Gasteiger partial charge in [0.1, 0.15) is 0 Å². The fraction of sp³-hybridized carbons (Fsp3) is 0.190. The molecule has 3 heteroatoms. The molecule has 0 fully saturated rings. The van der Waals surface area contributed by atoms with Gasteiger partial charge in [-0.2, -0.15) is 0 Å². The van der Waals surface area contributed by atoms with Gasteiger partial charge >= 0.3 is 6.03 Å². The Labute approximate surface area is 142 Å². The zero-order valence-corrected chi connectivity index (χ0v) is 14.3. The van der Waals surface area contributed by atoms with Gasteiger partial charge in [0.15, 0.2) is 0 Å². The Morgan fingerprint density at radius 2 is 1.46 bits per heavy atom. The van der Waals surface area contributed by atoms with Gasteiger partial charge in [0, 0.05) is 11.1 Å². The minimum Gasteiger partial charge on any atom is -0.308 e. The van der Waals surface area contributed by atoms with Gasteiger partial charge in [-0.25, -0.2) is 4.79 Å². The molecule has 24 heavy (non-hydrogen) atoms. The van der Waals surface area contributed by atoms with Crippen molar-refractivity contribution in [3.8, 4) is 0 Å². The lowest BCUT2D eigenvalue weighted by Crippen LogP contribution is -2.19. The number of hydrogen-bond donors (Lipinski definition) is 2. The summed E-state index contributed by atoms with van der Waals surface area (Å²) in [4.78, 5) is 12.3. The molecule has 0 aromatic heterocycles. The monoisotopic (exact) mass is 318 g/mol. The van der Waals surface area contributed by atoms with E-state index in [-0.39, 0.29) is 11.4 Å². The van der Waals surface area contributed by atoms with Crippen molar-refractivity contribution in [2.75, 3.05) is 10.6 Å². The molecule has 0 bridgehead atoms. The summed E-state index contributed by atoms with van der Waals surface area (Å²) >= 11 is 0. The highest BCUT2D eigenvalue weighted by Gasteiger charge is 2.13. The van der Waals surface area contributed by atoms with Crippen LogP contribution < -0.4 is 10.6 Å². The number of nitrogens with one attached hydrogen (secondary N) is 2. The van der Waals surface area contributed by atoms with Crippen LogP contribution in [0.15, 0.2) is 66.7 Å². The maximum atomic E-state index is 12.3. The molecular formula is C21H22N2O. The van der Waals surface area contributed by atoms with Crippen molar-refractivity contribution in [3.05, 3.63) is 72.3 Å². The zero-order chi connectivity index (χ0) is 17.2. The van der Waals surface area contributed by atoms with Gasteiger partial charge < -0.3 is 10.6 Å². The highest BCUT2D eigenvalue weighted by atomic mass is 16.2. The van der Waals surface area contributed by atoms with E-state index >= 15 is 0 Å². The summed E-state index contributed by atoms with van der Waals surface area (Å²) in [6.45, 7) is 6.51. The minimum atomic E-state index is -0.241. The van der Waals surface area contributed by atoms with Crippen LogP contribution in [0, 0.1) is 0 Å². The maximum Gasteiger partial charge on any atom is 0.323 e. The predicted molar refractivity (Wildman–Crippen MR) is 102 cm³/mol. The molecule has 0 radical (unpaired) electrons. The van der Waals surface area contributed by atoms with Gasteiger partial charge in [-0.1, -0.05) is 69.3 Å². The van der Waals surface area contributed by atoms with Crippen LogP contribution in [-0.2, 0) is 5.41 Å². The minimum absolute atomic E-state index is 0.101. The largest absolute Gasteiger partial charge is 0.323 e. The molecule has 3 nitrogen and oxygen atoms in total. The van der Waals surface area contributed by atoms with Gasteiger partial charge in [-0.05, 0) is 34.6 Å². The predicted octanol–water partition coefficient (Wildman–Crippen LogP) is 5.78. The normalized spacial score (nSPS) is 11.3. The first-order valence-electron chi connectivity index (χ1n) is 8.10. The second kappa shape index (κ2) is 6.36. The fourth-order valence-corrected chi connectivity index (χ4v) is 2.67. The molecule has 0 atom stereocenters. The Morgan fingerprint density at radius 1 is 0.792 bits per heavy atom. The second-order valence-corrected chi connectivity index (χ2v) is 6.93. The lowest BCUT2D eigenvalue weighted by atomic mass is 9.87. The third-order valence-electron chi connectivity index (χ3n) is 4.05. The van der Waals surface area contributed by atoms with E-state index < -0.39 is 0 Å². The Balaban J connectivity index is 1.73. The smallest absolute Gasteiger partial charge is 0.308 e. The zero-order valence-electron chi connectivity index (χ0n) is 14.3. The Hall–Kier alpha value is -2.81. The van der Waals surface area contributed by atoms with Crippen molar-refractivity contribution in [2.45, 2.75) is 26.2 Å². The van der Waals surface area contributed by atoms with Gasteiger partial charge in [0.25, 0.3) is 0 Å². The summed E-state index contributed by atoms with van der Waals surface area (Å²) in [5.74, 6) is 0. The SMILES string of the molecule is CC(C)(C)c1ccc(NC(=O)Nc2cccc3ccccc23)cc1. The average molecular weight is 318 g/mol. The van der Waals surface area contributed by atoms with Crippen molar-refractivity contribution in [1.29, 1.82) is 0 Å². The van der Waals surface area contributed by atoms with Crippen LogP contribution >= 0.6 is 0 Å². The van der Waals surface area contributed by atoms with Crippen molar-refractivity contribution in [1.82, 2.24) is 0 Å². The van der Waals surface area contributed by atoms with Crippen molar-refractivity contribution >= 4 is 28.2 Å². The van der Waals surface area contributed by atoms with E-state index in [4.69, 9.17) is 0 Å². The van der Waals surface area contributed by atoms with E-state index in [2.05, 4.69) is 31.4 Å². The van der Waals surface area contributed by atoms with Gasteiger partial charge in [0.05, 0.1) is 5.69 Å². The lowest BCUT2D eigenvalue weighted by Gasteiger charge is -2.19. The lowest BCUT2D eigenvalue weighted by molar-refractivity contribution is 0.262. The van der Waals surface area contributed by atoms with E-state index in [9.17, 15) is 4.79 Å². The van der Waals surface area contributed by atoms with Gasteiger partial charge in [0.2, 0.25) is 0 Å². The topological polar surface area (TPSA) is 41.1 Å². The third kappa shape index (κ3) is 3.57. The quantitative estimate of drug-likeness (QED) is 0.617. The molecule has 0 unspecified atom stereocenters. The first-order chi connectivity index (χ1) is 11.4. The Morgan fingerprint density at radius 3 is 2.17 bits per heavy atom. The number of anilines is 2. The van der Waals surface area contributed by atoms with Crippen molar-refractivity contribution in [3.63, 3.8) is 0 Å². The molecule has 3 rings (SSSR count). The summed E-state index contributed by atoms with van der Waals surface area (Å²) in [6, 6.07) is 21.6. The number of fused-ring (bicyclic) bond motifs is 1. The molecule has 0 aliphatic carbocycles. The van der Waals surface area contributed by atoms with E-state index in [1.165, 1.54) is 5.56 Å². The molecule has 0 saturated carbocycles. The standard InChI is InChI=1S/C21H22N2O/c1-21(2,3)16-11-13-17(14-12-16)22-20(24)23-19-10-6-8-15-7-4-5-9-18(15)19/h4-14H,1-3H3,(H2,22,23,24). The maximum absolute atomic E-state index is 12.3. The van der Waals surface area contributed by atoms with Crippen molar-refractivity contribution < 1.29 is 4.79 Å². The summed E-state index contributed by atoms with van der Waals surface area (Å²) in [5, 5.41) is 7.94. The van der Waals surface area contributed by atoms with E-state index in [1.807, 2.05) is 66.7 Å². The molecule has 0 aliphatic rings. The molecule has 0 heterocycles. The molecule has 0 spiro atoms. The third-order valence-corrected chi connectivity index (χ3v) is 4.05. The number of hydrogen-bond acceptors (Lipinski definition) is 1. The van der Waals surface area contributed by atoms with Crippen LogP contribution in [0.1, 0.15) is 26.3 Å². The van der Waals surface area contributed by atoms with Crippen LogP contribution in [0.25, 0.3) is 10.8 Å². The molecule has 3 aromatic carbocycles. The van der Waals surface area contributed by atoms with Gasteiger partial charge in [-0.3, -0.25) is 0 Å². The molecule has 0 saturated heterocycles. The molecule has 2 amide bonds. The Kier molecular flexibility index (Phi) is 4.26. The number of benzene rings is 3. The molecule has 122 valence electrons. The van der Waals surface area contributed by atoms with Crippen LogP contribution in [0.3, 0.4) is 0 Å². The molecule has 2 N–H and O–H groups in total. The summed E-state index contributed by atoms with van der Waals surface area (Å²) in [7, 11) is 0. The van der Waals surface area contributed by atoms with E-state index in [1.54, 1.807) is 0 Å². The summed E-state index contributed by atoms with van der Waals surface area (Å²) in [6.07, 6.45) is 0. The second-order valence-electron chi connectivity index (χ2n) is 6.93. The molecule has 0 aliphatic heterocycles. The van der Waals surface area contributed by atoms with Crippen molar-refractivity contribution in [2.24, 2.45) is 0 Å². The first-order valence-corrected chi connectivity index (χ1v) is 8.10. The van der Waals surface area contributed by atoms with Crippen LogP contribution in [0.5, 0.6) is 0 Å². The number of carbonyl (C=O) groups excluding carboxylic acids is 1. The Bertz CT molecular complexity index is 856. The first kappa shape index (κ1) is 16.1. The number of carbonyl (C=O) groups is 1. The van der Waals surface area contributed by atoms with Crippen LogP contribution in [0.2, 0.25) is 0 Å². The average Bonchev–Trinajstić information content (AvgIpc) is 2.55. The highest BCUT2D eigenvalue weighted by molar-refractivity contribution is 6.06. The summed E-state index contributed by atoms with van der Waals surface area (Å²) in [5.41, 5.74) is 2.92. The number of urea groups is 1. The van der Waals surface area contributed by atoms with E-state index in [0.717, 1.165) is 22.1 Å². The van der Waals surface area contributed by atoms with Crippen LogP contribution in [0.4, 0.5) is 16.2 Å². The van der Waals surface area contributed by atoms with Gasteiger partial charge in [-0.15, -0.1) is 0 Å². The highest BCUT2D eigenvalue weighted by Crippen LogP contribution is 2.25. The molecule has 3 aromatic rings. The van der Waals surface area contributed by atoms with Crippen LogP contribution in [-0.4, -0.2) is 6.03 Å². The fourth-order valence-electron chi connectivity index (χ4n) is 2.67. The number of amides is 2. The number of rotatable bonds is 2. The van der Waals surface area contributed by atoms with E-state index in [0.29, 0.717) is 0 Å². The summed E-state index contributed by atoms with van der Waals surface area (Å²) < 4.78 is 0. The molecular weight excluding hydrogens is 296 g/mol.